The van der Waals surface area contributed by atoms with Gasteiger partial charge in [-0.15, -0.1) is 0 Å². The Balaban J connectivity index is 1.76. The maximum absolute atomic E-state index is 12.5. The minimum Gasteiger partial charge on any atom is -0.867 e. The summed E-state index contributed by atoms with van der Waals surface area (Å²) in [5.74, 6) is -3.30. The molecular weight excluding hydrogens is 388 g/mol. The van der Waals surface area contributed by atoms with Crippen LogP contribution in [0.1, 0.15) is 17.0 Å². The van der Waals surface area contributed by atoms with Gasteiger partial charge in [-0.05, 0) is 22.9 Å². The minimum atomic E-state index is -0.986. The van der Waals surface area contributed by atoms with Gasteiger partial charge in [0.05, 0.1) is 11.1 Å². The molecule has 1 fully saturated rings. The van der Waals surface area contributed by atoms with E-state index in [2.05, 4.69) is 15.8 Å². The summed E-state index contributed by atoms with van der Waals surface area (Å²) in [6.45, 7) is 0.315. The topological polar surface area (TPSA) is 137 Å². The normalized spacial score (nSPS) is 18.8. The highest BCUT2D eigenvalue weighted by atomic mass is 35.5. The second-order valence-electron chi connectivity index (χ2n) is 6.07. The van der Waals surface area contributed by atoms with Crippen molar-refractivity contribution in [3.63, 3.8) is 0 Å². The van der Waals surface area contributed by atoms with Crippen molar-refractivity contribution in [3.05, 3.63) is 68.7 Å². The number of benzene rings is 2. The van der Waals surface area contributed by atoms with E-state index in [0.717, 1.165) is 17.8 Å². The Morgan fingerprint density at radius 3 is 2.71 bits per heavy atom. The number of hydrazone groups is 1. The summed E-state index contributed by atoms with van der Waals surface area (Å²) in [6.07, 6.45) is 0.962. The first kappa shape index (κ1) is 19.3. The summed E-state index contributed by atoms with van der Waals surface area (Å²) in [7, 11) is 0. The predicted octanol–water partition coefficient (Wildman–Crippen LogP) is 1.30. The van der Waals surface area contributed by atoms with E-state index in [4.69, 9.17) is 11.6 Å². The Morgan fingerprint density at radius 1 is 1.32 bits per heavy atom. The molecule has 0 spiro atoms. The van der Waals surface area contributed by atoms with Crippen LogP contribution in [0.3, 0.4) is 0 Å². The molecule has 28 heavy (non-hydrogen) atoms. The largest absolute Gasteiger partial charge is 0.867 e. The number of halogens is 1. The predicted molar refractivity (Wildman–Crippen MR) is 99.0 cm³/mol. The first-order valence-electron chi connectivity index (χ1n) is 8.19. The van der Waals surface area contributed by atoms with E-state index in [1.54, 1.807) is 0 Å². The van der Waals surface area contributed by atoms with Crippen LogP contribution < -0.4 is 15.8 Å². The molecule has 1 heterocycles. The van der Waals surface area contributed by atoms with Gasteiger partial charge < -0.3 is 10.4 Å². The molecule has 1 aliphatic heterocycles. The molecule has 0 unspecified atom stereocenters. The summed E-state index contributed by atoms with van der Waals surface area (Å²) in [6, 6.07) is 11.2. The smallest absolute Gasteiger partial charge is 0.263 e. The number of carbonyl (C=O) groups excluding carboxylic acids is 2. The fraction of sp³-hybridized carbons (Fsp3) is 0.167. The number of rotatable bonds is 5. The van der Waals surface area contributed by atoms with Crippen molar-refractivity contribution < 1.29 is 19.6 Å². The fourth-order valence-corrected chi connectivity index (χ4v) is 3.22. The number of nitro benzene ring substituents is 1. The second kappa shape index (κ2) is 8.05. The van der Waals surface area contributed by atoms with Crippen molar-refractivity contribution >= 4 is 35.3 Å². The average Bonchev–Trinajstić information content (AvgIpc) is 3.06. The van der Waals surface area contributed by atoms with Crippen LogP contribution in [0.15, 0.2) is 47.6 Å². The highest BCUT2D eigenvalue weighted by Crippen LogP contribution is 2.30. The summed E-state index contributed by atoms with van der Waals surface area (Å²) < 4.78 is 0. The van der Waals surface area contributed by atoms with Crippen molar-refractivity contribution in [2.75, 3.05) is 6.54 Å². The maximum Gasteiger partial charge on any atom is 0.263 e. The molecule has 0 aromatic heterocycles. The van der Waals surface area contributed by atoms with Crippen molar-refractivity contribution in [1.29, 1.82) is 0 Å². The van der Waals surface area contributed by atoms with Crippen LogP contribution >= 0.6 is 11.6 Å². The van der Waals surface area contributed by atoms with Crippen LogP contribution in [0.2, 0.25) is 5.02 Å². The fourth-order valence-electron chi connectivity index (χ4n) is 3.00. The average molecular weight is 402 g/mol. The third kappa shape index (κ3) is 3.94. The van der Waals surface area contributed by atoms with E-state index < -0.39 is 34.1 Å². The number of nitrogens with one attached hydrogen (secondary N) is 2. The molecule has 2 aromatic carbocycles. The second-order valence-corrected chi connectivity index (χ2v) is 6.51. The molecule has 9 nitrogen and oxygen atoms in total. The standard InChI is InChI=1S/C18H15ClN4O5/c19-12-6-11(16(24)14(7-12)23(27)28)8-21-22-18(26)15-13(9-20-17(15)25)10-4-2-1-3-5-10/h1-8,13,15,24H,9H2,(H,20,25)(H,22,26)/p-1/b21-8+/t13-,15-/m0/s1. The van der Waals surface area contributed by atoms with Crippen LogP contribution in [-0.2, 0) is 9.59 Å². The van der Waals surface area contributed by atoms with Gasteiger partial charge in [-0.3, -0.25) is 19.7 Å². The highest BCUT2D eigenvalue weighted by Gasteiger charge is 2.40. The number of nitro groups is 1. The minimum absolute atomic E-state index is 0.0154. The SMILES string of the molecule is O=C1NC[C@@H](c2ccccc2)[C@@H]1C(=O)N/N=C/c1cc(Cl)cc([N+](=O)[O-])c1[O-]. The number of hydrogen-bond acceptors (Lipinski definition) is 6. The molecule has 3 rings (SSSR count). The van der Waals surface area contributed by atoms with Crippen LogP contribution in [0.5, 0.6) is 5.75 Å². The number of amides is 2. The van der Waals surface area contributed by atoms with Gasteiger partial charge in [0.2, 0.25) is 5.91 Å². The van der Waals surface area contributed by atoms with Gasteiger partial charge >= 0.3 is 0 Å². The zero-order valence-electron chi connectivity index (χ0n) is 14.3. The molecule has 0 aliphatic carbocycles. The lowest BCUT2D eigenvalue weighted by molar-refractivity contribution is -0.398. The van der Waals surface area contributed by atoms with Crippen molar-refractivity contribution in [2.24, 2.45) is 11.0 Å². The van der Waals surface area contributed by atoms with Crippen LogP contribution in [-0.4, -0.2) is 29.5 Å². The van der Waals surface area contributed by atoms with E-state index in [9.17, 15) is 24.8 Å². The van der Waals surface area contributed by atoms with Gasteiger partial charge in [-0.25, -0.2) is 5.43 Å². The van der Waals surface area contributed by atoms with Gasteiger partial charge in [0, 0.05) is 23.6 Å². The number of hydrogen-bond donors (Lipinski definition) is 2. The summed E-state index contributed by atoms with van der Waals surface area (Å²) in [5, 5.41) is 29.2. The van der Waals surface area contributed by atoms with Gasteiger partial charge in [0.1, 0.15) is 5.92 Å². The van der Waals surface area contributed by atoms with Crippen molar-refractivity contribution in [3.8, 4) is 5.75 Å². The third-order valence-electron chi connectivity index (χ3n) is 4.33. The lowest BCUT2D eigenvalue weighted by Gasteiger charge is -2.15. The van der Waals surface area contributed by atoms with Crippen molar-refractivity contribution in [1.82, 2.24) is 10.7 Å². The molecule has 10 heteroatoms. The molecule has 2 N–H and O–H groups in total. The molecule has 0 saturated carbocycles. The van der Waals surface area contributed by atoms with E-state index in [1.807, 2.05) is 30.3 Å². The molecule has 0 radical (unpaired) electrons. The van der Waals surface area contributed by atoms with E-state index in [1.165, 1.54) is 6.07 Å². The van der Waals surface area contributed by atoms with Crippen LogP contribution in [0.25, 0.3) is 0 Å². The summed E-state index contributed by atoms with van der Waals surface area (Å²) in [5.41, 5.74) is 2.20. The molecular formula is C18H14ClN4O5-. The van der Waals surface area contributed by atoms with Gasteiger partial charge in [0.25, 0.3) is 11.6 Å². The Bertz CT molecular complexity index is 964. The maximum atomic E-state index is 12.5. The molecule has 1 aliphatic rings. The van der Waals surface area contributed by atoms with Gasteiger partial charge in [-0.1, -0.05) is 41.9 Å². The molecule has 2 atom stereocenters. The summed E-state index contributed by atoms with van der Waals surface area (Å²) in [4.78, 5) is 34.6. The lowest BCUT2D eigenvalue weighted by atomic mass is 9.88. The van der Waals surface area contributed by atoms with Gasteiger partial charge in [0.15, 0.2) is 0 Å². The van der Waals surface area contributed by atoms with E-state index in [-0.39, 0.29) is 16.5 Å². The Hall–Kier alpha value is -3.46. The van der Waals surface area contributed by atoms with E-state index in [0.29, 0.717) is 6.54 Å². The lowest BCUT2D eigenvalue weighted by Crippen LogP contribution is -2.34. The quantitative estimate of drug-likeness (QED) is 0.336. The Morgan fingerprint density at radius 2 is 2.04 bits per heavy atom. The molecule has 2 aromatic rings. The van der Waals surface area contributed by atoms with Crippen LogP contribution in [0, 0.1) is 16.0 Å². The number of nitrogens with zero attached hydrogens (tertiary/aromatic N) is 2. The van der Waals surface area contributed by atoms with E-state index >= 15 is 0 Å². The zero-order chi connectivity index (χ0) is 20.3. The molecule has 0 bridgehead atoms. The Labute approximate surface area is 164 Å². The highest BCUT2D eigenvalue weighted by molar-refractivity contribution is 6.31. The monoisotopic (exact) mass is 401 g/mol. The first-order chi connectivity index (χ1) is 13.4. The molecule has 1 saturated heterocycles. The summed E-state index contributed by atoms with van der Waals surface area (Å²) >= 11 is 5.77. The first-order valence-corrected chi connectivity index (χ1v) is 8.57. The molecule has 2 amide bonds. The zero-order valence-corrected chi connectivity index (χ0v) is 15.1. The molecule has 144 valence electrons. The van der Waals surface area contributed by atoms with Crippen molar-refractivity contribution in [2.45, 2.75) is 5.92 Å². The number of carbonyl (C=O) groups is 2. The van der Waals surface area contributed by atoms with Gasteiger partial charge in [-0.2, -0.15) is 5.10 Å². The van der Waals surface area contributed by atoms with Crippen LogP contribution in [0.4, 0.5) is 5.69 Å². The Kier molecular flexibility index (Phi) is 5.55. The third-order valence-corrected chi connectivity index (χ3v) is 4.55.